The highest BCUT2D eigenvalue weighted by Gasteiger charge is 2.27. The number of nitrogens with zero attached hydrogens (tertiary/aromatic N) is 1. The Labute approximate surface area is 121 Å². The van der Waals surface area contributed by atoms with E-state index < -0.39 is 6.04 Å². The Hall–Kier alpha value is -0.810. The average molecular weight is 292 g/mol. The van der Waals surface area contributed by atoms with E-state index in [1.807, 2.05) is 25.7 Å². The van der Waals surface area contributed by atoms with E-state index in [2.05, 4.69) is 5.32 Å². The molecule has 1 saturated heterocycles. The van der Waals surface area contributed by atoms with Crippen LogP contribution in [0.5, 0.6) is 0 Å². The second-order valence-electron chi connectivity index (χ2n) is 5.97. The molecule has 0 radical (unpaired) electrons. The van der Waals surface area contributed by atoms with Gasteiger partial charge in [-0.05, 0) is 18.3 Å². The van der Waals surface area contributed by atoms with Gasteiger partial charge in [-0.2, -0.15) is 0 Å². The smallest absolute Gasteiger partial charge is 0.237 e. The van der Waals surface area contributed by atoms with Crippen molar-refractivity contribution in [1.82, 2.24) is 10.2 Å². The Balaban J connectivity index is 0.00000324. The number of amides is 2. The van der Waals surface area contributed by atoms with Crippen molar-refractivity contribution in [2.45, 2.75) is 46.1 Å². The fourth-order valence-corrected chi connectivity index (χ4v) is 1.93. The Morgan fingerprint density at radius 1 is 1.47 bits per heavy atom. The summed E-state index contributed by atoms with van der Waals surface area (Å²) in [5.74, 6) is 0.114. The van der Waals surface area contributed by atoms with Crippen LogP contribution < -0.4 is 11.1 Å². The van der Waals surface area contributed by atoms with Gasteiger partial charge >= 0.3 is 0 Å². The van der Waals surface area contributed by atoms with E-state index in [1.54, 1.807) is 0 Å². The largest absolute Gasteiger partial charge is 0.355 e. The van der Waals surface area contributed by atoms with Crippen molar-refractivity contribution in [3.05, 3.63) is 0 Å². The van der Waals surface area contributed by atoms with Crippen molar-refractivity contribution >= 4 is 24.2 Å². The van der Waals surface area contributed by atoms with E-state index in [0.29, 0.717) is 13.0 Å². The van der Waals surface area contributed by atoms with Gasteiger partial charge in [0.25, 0.3) is 0 Å². The summed E-state index contributed by atoms with van der Waals surface area (Å²) < 4.78 is 0. The minimum atomic E-state index is -0.495. The zero-order chi connectivity index (χ0) is 13.8. The van der Waals surface area contributed by atoms with Gasteiger partial charge in [0.1, 0.15) is 0 Å². The third-order valence-corrected chi connectivity index (χ3v) is 3.29. The molecule has 1 aliphatic heterocycles. The molecule has 1 rings (SSSR count). The average Bonchev–Trinajstić information content (AvgIpc) is 2.68. The molecule has 3 N–H and O–H groups in total. The van der Waals surface area contributed by atoms with E-state index in [-0.39, 0.29) is 29.6 Å². The van der Waals surface area contributed by atoms with Crippen LogP contribution in [0, 0.1) is 5.41 Å². The highest BCUT2D eigenvalue weighted by Crippen LogP contribution is 2.17. The minimum absolute atomic E-state index is 0. The van der Waals surface area contributed by atoms with Crippen molar-refractivity contribution < 1.29 is 9.59 Å². The molecule has 1 fully saturated rings. The SMILES string of the molecule is CC(C)(C)[C@H](N)C(=O)NCCCN1CCCC1=O.Cl. The second-order valence-corrected chi connectivity index (χ2v) is 5.97. The van der Waals surface area contributed by atoms with Gasteiger partial charge in [-0.25, -0.2) is 0 Å². The first kappa shape index (κ1) is 18.2. The van der Waals surface area contributed by atoms with E-state index in [9.17, 15) is 9.59 Å². The topological polar surface area (TPSA) is 75.4 Å². The summed E-state index contributed by atoms with van der Waals surface area (Å²) in [6.45, 7) is 7.99. The summed E-state index contributed by atoms with van der Waals surface area (Å²) in [7, 11) is 0. The standard InChI is InChI=1S/C13H25N3O2.ClH/c1-13(2,3)11(14)12(18)15-7-5-9-16-8-4-6-10(16)17;/h11H,4-9,14H2,1-3H3,(H,15,18);1H/t11-;/m1./s1. The number of halogens is 1. The molecule has 6 heteroatoms. The van der Waals surface area contributed by atoms with Crippen molar-refractivity contribution in [3.8, 4) is 0 Å². The summed E-state index contributed by atoms with van der Waals surface area (Å²) >= 11 is 0. The van der Waals surface area contributed by atoms with Crippen LogP contribution in [0.3, 0.4) is 0 Å². The van der Waals surface area contributed by atoms with Crippen molar-refractivity contribution in [2.75, 3.05) is 19.6 Å². The van der Waals surface area contributed by atoms with Crippen LogP contribution in [0.4, 0.5) is 0 Å². The number of rotatable bonds is 5. The van der Waals surface area contributed by atoms with Crippen LogP contribution in [-0.4, -0.2) is 42.4 Å². The van der Waals surface area contributed by atoms with E-state index >= 15 is 0 Å². The third-order valence-electron chi connectivity index (χ3n) is 3.29. The Morgan fingerprint density at radius 3 is 2.58 bits per heavy atom. The minimum Gasteiger partial charge on any atom is -0.355 e. The van der Waals surface area contributed by atoms with Crippen LogP contribution in [0.25, 0.3) is 0 Å². The number of hydrogen-bond acceptors (Lipinski definition) is 3. The lowest BCUT2D eigenvalue weighted by Crippen LogP contribution is -2.49. The summed E-state index contributed by atoms with van der Waals surface area (Å²) in [6, 6.07) is -0.495. The Bertz CT molecular complexity index is 316. The first-order valence-corrected chi connectivity index (χ1v) is 6.63. The Kier molecular flexibility index (Phi) is 7.37. The summed E-state index contributed by atoms with van der Waals surface area (Å²) in [5.41, 5.74) is 5.62. The fourth-order valence-electron chi connectivity index (χ4n) is 1.93. The highest BCUT2D eigenvalue weighted by atomic mass is 35.5. The van der Waals surface area contributed by atoms with Gasteiger partial charge in [0, 0.05) is 26.1 Å². The monoisotopic (exact) mass is 291 g/mol. The lowest BCUT2D eigenvalue weighted by Gasteiger charge is -2.26. The molecule has 5 nitrogen and oxygen atoms in total. The fraction of sp³-hybridized carbons (Fsp3) is 0.846. The van der Waals surface area contributed by atoms with Crippen LogP contribution in [-0.2, 0) is 9.59 Å². The quantitative estimate of drug-likeness (QED) is 0.739. The van der Waals surface area contributed by atoms with Gasteiger partial charge in [0.05, 0.1) is 6.04 Å². The number of likely N-dealkylation sites (tertiary alicyclic amines) is 1. The van der Waals surface area contributed by atoms with Crippen molar-refractivity contribution in [1.29, 1.82) is 0 Å². The maximum Gasteiger partial charge on any atom is 0.237 e. The summed E-state index contributed by atoms with van der Waals surface area (Å²) in [5, 5.41) is 2.83. The predicted octanol–water partition coefficient (Wildman–Crippen LogP) is 0.910. The molecule has 112 valence electrons. The first-order chi connectivity index (χ1) is 8.32. The number of carbonyl (C=O) groups excluding carboxylic acids is 2. The molecule has 0 aromatic rings. The lowest BCUT2D eigenvalue weighted by molar-refractivity contribution is -0.127. The normalized spacial score (nSPS) is 17.1. The van der Waals surface area contributed by atoms with Gasteiger partial charge < -0.3 is 16.0 Å². The van der Waals surface area contributed by atoms with E-state index in [1.165, 1.54) is 0 Å². The summed E-state index contributed by atoms with van der Waals surface area (Å²) in [6.07, 6.45) is 2.41. The molecule has 0 aromatic carbocycles. The molecular formula is C13H26ClN3O2. The highest BCUT2D eigenvalue weighted by molar-refractivity contribution is 5.85. The van der Waals surface area contributed by atoms with E-state index in [4.69, 9.17) is 5.73 Å². The number of nitrogens with two attached hydrogens (primary N) is 1. The van der Waals surface area contributed by atoms with Gasteiger partial charge in [-0.3, -0.25) is 9.59 Å². The molecule has 2 amide bonds. The molecular weight excluding hydrogens is 266 g/mol. The molecule has 0 unspecified atom stereocenters. The maximum absolute atomic E-state index is 11.7. The maximum atomic E-state index is 11.7. The Morgan fingerprint density at radius 2 is 2.11 bits per heavy atom. The molecule has 0 aliphatic carbocycles. The van der Waals surface area contributed by atoms with Crippen LogP contribution in [0.1, 0.15) is 40.0 Å². The van der Waals surface area contributed by atoms with Crippen LogP contribution >= 0.6 is 12.4 Å². The number of nitrogens with one attached hydrogen (secondary N) is 1. The molecule has 1 aliphatic rings. The molecule has 0 bridgehead atoms. The van der Waals surface area contributed by atoms with Gasteiger partial charge in [0.15, 0.2) is 0 Å². The zero-order valence-corrected chi connectivity index (χ0v) is 12.9. The predicted molar refractivity (Wildman–Crippen MR) is 78.1 cm³/mol. The van der Waals surface area contributed by atoms with Crippen molar-refractivity contribution in [3.63, 3.8) is 0 Å². The van der Waals surface area contributed by atoms with Gasteiger partial charge in [0.2, 0.25) is 11.8 Å². The number of hydrogen-bond donors (Lipinski definition) is 2. The molecule has 19 heavy (non-hydrogen) atoms. The van der Waals surface area contributed by atoms with Crippen LogP contribution in [0.2, 0.25) is 0 Å². The van der Waals surface area contributed by atoms with Crippen molar-refractivity contribution in [2.24, 2.45) is 11.1 Å². The second kappa shape index (κ2) is 7.70. The third kappa shape index (κ3) is 5.78. The molecule has 0 aromatic heterocycles. The molecule has 1 heterocycles. The van der Waals surface area contributed by atoms with E-state index in [0.717, 1.165) is 25.9 Å². The summed E-state index contributed by atoms with van der Waals surface area (Å²) in [4.78, 5) is 25.0. The van der Waals surface area contributed by atoms with Crippen LogP contribution in [0.15, 0.2) is 0 Å². The molecule has 0 spiro atoms. The zero-order valence-electron chi connectivity index (χ0n) is 12.1. The number of carbonyl (C=O) groups is 2. The lowest BCUT2D eigenvalue weighted by atomic mass is 9.87. The molecule has 0 saturated carbocycles. The molecule has 1 atom stereocenters. The van der Waals surface area contributed by atoms with Gasteiger partial charge in [-0.15, -0.1) is 12.4 Å². The first-order valence-electron chi connectivity index (χ1n) is 6.63. The van der Waals surface area contributed by atoms with Gasteiger partial charge in [-0.1, -0.05) is 20.8 Å².